The topological polar surface area (TPSA) is 681 Å². The van der Waals surface area contributed by atoms with Gasteiger partial charge in [-0.25, -0.2) is 42.4 Å². The minimum atomic E-state index is -1.52. The number of halogens is 2. The number of aromatic hydroxyl groups is 1. The molecule has 0 bridgehead atoms. The fourth-order valence-corrected chi connectivity index (χ4v) is 15.3. The van der Waals surface area contributed by atoms with Crippen LogP contribution in [-0.2, 0) is 147 Å². The zero-order valence-corrected chi connectivity index (χ0v) is 80.9. The molecule has 1 fully saturated rings. The van der Waals surface area contributed by atoms with Gasteiger partial charge in [0.15, 0.2) is 29.8 Å². The number of phenolic OH excluding ortho intramolecular Hbond substituents is 1. The third-order valence-corrected chi connectivity index (χ3v) is 22.9. The van der Waals surface area contributed by atoms with Crippen molar-refractivity contribution in [3.8, 4) is 28.2 Å². The van der Waals surface area contributed by atoms with Crippen LogP contribution in [0.2, 0.25) is 0 Å². The molecule has 13 N–H and O–H groups in total. The molecule has 4 aromatic rings. The van der Waals surface area contributed by atoms with Gasteiger partial charge < -0.3 is 119 Å². The molecule has 796 valence electrons. The number of hydrogen-bond acceptors (Lipinski definition) is 35. The largest absolute Gasteiger partial charge is 0.505 e. The highest BCUT2D eigenvalue weighted by Crippen LogP contribution is 2.43. The summed E-state index contributed by atoms with van der Waals surface area (Å²) in [4.78, 5) is 247. The molecule has 2 aliphatic heterocycles. The number of ether oxygens (including phenoxy) is 10. The van der Waals surface area contributed by atoms with Crippen LogP contribution in [0.25, 0.3) is 33.4 Å². The molecule has 7 rings (SSSR count). The molecule has 50 heteroatoms. The second-order valence-corrected chi connectivity index (χ2v) is 33.7. The summed E-state index contributed by atoms with van der Waals surface area (Å²) in [6.07, 6.45) is -3.59. The SMILES string of the molecule is O=C=O.O=CO[C@H](CCC(=O)O)NC(=O)N[C@@H](CCC(=O)CCCOCCOCCOCCOCCC(=O)C[C@@H](Cc1ccccc1)C(=O)N[C@@H](CS)C(=O)O)C(=O)O.O=CO[C@H](CCC(=O)O)NC(=O)N[C@@H](CCC(=O)CCCOCCOCCOCCOCCC(=O)C[C@@H](Cc1ccccc1)C(=O)N[C@@H](CSC1CC(=O)N(c2ccc(-c3c4cc(F)c(=O)cc-4oc4cc(O)c(F)cc34)cc2)C1=O)C(=O)O)C(=O)O. The number of carbonyl (C=O) groups is 18. The lowest BCUT2D eigenvalue weighted by molar-refractivity contribution is -0.192. The third kappa shape index (κ3) is 47.7. The number of aliphatic carboxylic acids is 6. The minimum absolute atomic E-state index is 0.00992. The number of fused-ring (bicyclic) bond motifs is 2. The minimum Gasteiger partial charge on any atom is -0.505 e. The van der Waals surface area contributed by atoms with E-state index >= 15 is 0 Å². The van der Waals surface area contributed by atoms with Gasteiger partial charge in [0.05, 0.1) is 116 Å². The van der Waals surface area contributed by atoms with E-state index in [1.54, 1.807) is 30.3 Å². The number of carbonyl (C=O) groups excluding carboxylic acids is 14. The van der Waals surface area contributed by atoms with E-state index in [4.69, 9.17) is 62.1 Å². The van der Waals surface area contributed by atoms with Gasteiger partial charge in [-0.15, -0.1) is 11.8 Å². The second kappa shape index (κ2) is 69.1. The van der Waals surface area contributed by atoms with Gasteiger partial charge in [0.2, 0.25) is 29.1 Å². The number of carboxylic acids is 6. The van der Waals surface area contributed by atoms with E-state index in [9.17, 15) is 125 Å². The van der Waals surface area contributed by atoms with Crippen LogP contribution in [0.3, 0.4) is 0 Å². The van der Waals surface area contributed by atoms with Crippen LogP contribution in [0.4, 0.5) is 24.1 Å². The highest BCUT2D eigenvalue weighted by Gasteiger charge is 2.42. The van der Waals surface area contributed by atoms with Crippen molar-refractivity contribution in [2.24, 2.45) is 11.8 Å². The Morgan fingerprint density at radius 3 is 1.27 bits per heavy atom. The summed E-state index contributed by atoms with van der Waals surface area (Å²) in [7, 11) is 0. The summed E-state index contributed by atoms with van der Waals surface area (Å²) in [5.74, 6) is -16.3. The van der Waals surface area contributed by atoms with E-state index in [-0.39, 0.29) is 276 Å². The van der Waals surface area contributed by atoms with E-state index in [1.807, 2.05) is 30.3 Å². The fourth-order valence-electron chi connectivity index (χ4n) is 13.9. The van der Waals surface area contributed by atoms with Crippen LogP contribution in [0.5, 0.6) is 5.75 Å². The molecule has 0 radical (unpaired) electrons. The summed E-state index contributed by atoms with van der Waals surface area (Å²) < 4.78 is 87.9. The predicted octanol–water partition coefficient (Wildman–Crippen LogP) is 5.43. The first-order valence-electron chi connectivity index (χ1n) is 45.8. The first-order chi connectivity index (χ1) is 70.0. The Morgan fingerprint density at radius 1 is 0.466 bits per heavy atom. The number of rotatable bonds is 74. The smallest absolute Gasteiger partial charge is 0.373 e. The number of ketones is 4. The lowest BCUT2D eigenvalue weighted by Crippen LogP contribution is -2.49. The Hall–Kier alpha value is -14.0. The highest BCUT2D eigenvalue weighted by atomic mass is 32.2. The molecule has 4 aromatic carbocycles. The van der Waals surface area contributed by atoms with Gasteiger partial charge in [-0.2, -0.15) is 22.2 Å². The van der Waals surface area contributed by atoms with Crippen molar-refractivity contribution in [2.45, 2.75) is 164 Å². The van der Waals surface area contributed by atoms with Crippen LogP contribution in [-0.4, -0.2) is 309 Å². The Kier molecular flexibility index (Phi) is 58.0. The number of thioether (sulfide) groups is 1. The monoisotopic (exact) mass is 2090 g/mol. The maximum Gasteiger partial charge on any atom is 0.373 e. The van der Waals surface area contributed by atoms with E-state index < -0.39 is 161 Å². The lowest BCUT2D eigenvalue weighted by Gasteiger charge is -2.21. The number of thiol groups is 1. The molecular weight excluding hydrogens is 1980 g/mol. The summed E-state index contributed by atoms with van der Waals surface area (Å²) in [6, 6.07) is 20.1. The molecule has 0 aromatic heterocycles. The van der Waals surface area contributed by atoms with Crippen LogP contribution >= 0.6 is 24.4 Å². The molecule has 8 amide bonds. The van der Waals surface area contributed by atoms with Gasteiger partial charge in [0.25, 0.3) is 12.9 Å². The Balaban J connectivity index is 0.000000549. The molecule has 46 nitrogen and oxygen atoms in total. The second-order valence-electron chi connectivity index (χ2n) is 32.1. The van der Waals surface area contributed by atoms with Crippen LogP contribution < -0.4 is 42.2 Å². The Bertz CT molecular complexity index is 5330. The summed E-state index contributed by atoms with van der Waals surface area (Å²) in [5.41, 5.74) is 1.41. The van der Waals surface area contributed by atoms with Gasteiger partial charge in [-0.1, -0.05) is 72.8 Å². The van der Waals surface area contributed by atoms with E-state index in [0.29, 0.717) is 37.2 Å². The number of nitrogens with zero attached hydrogens (tertiary/aromatic N) is 1. The van der Waals surface area contributed by atoms with Crippen LogP contribution in [0, 0.1) is 23.5 Å². The number of carboxylic acid groups (broad SMARTS) is 6. The maximum atomic E-state index is 14.7. The average Bonchev–Trinajstić information content (AvgIpc) is 0.918. The summed E-state index contributed by atoms with van der Waals surface area (Å²) in [6.45, 7) is 3.55. The van der Waals surface area contributed by atoms with E-state index in [2.05, 4.69) is 54.0 Å². The van der Waals surface area contributed by atoms with Crippen molar-refractivity contribution in [3.05, 3.63) is 142 Å². The van der Waals surface area contributed by atoms with Crippen molar-refractivity contribution < 1.29 is 192 Å². The molecule has 9 atom stereocenters. The number of anilines is 1. The van der Waals surface area contributed by atoms with Gasteiger partial charge in [0.1, 0.15) is 58.6 Å². The average molecular weight is 2100 g/mol. The standard InChI is InChI=1S/C59H64F2N4O21S.C36H53N3O16S.CO2/c60-42-27-40-48(29-46(42)69)86-49-30-47(70)43(61)28-41(49)54(40)35-8-10-37(11-9-35)65-52(71)31-50(56(65)75)87-32-45(58(78)79)62-55(74)36(25-34-5-2-1-3-6-34)26-39(68)16-18-82-20-22-84-24-23-83-21-19-81-17-4-7-38(67)12-13-44(57(76)77)63-59(80)64-51(85-33-66)14-15-53(72)73;40-24-55-31(10-11-32(43)44)39-36(50)38-29(34(46)47)9-8-27(41)7-4-13-51-15-17-53-19-20-54-18-16-52-14-12-28(42)22-26(21-25-5-2-1-3-6-25)33(45)37-30(23-56)35(48)49;2-1-3/h1-3,5-6,8-11,27-30,33,36,44-45,50-51,69H,4,7,12-26,31-32H2,(H,62,74)(H,72,73)(H,76,77)(H,78,79)(H2,63,64,80);1-3,5-6,24,26,29-31,56H,4,7-23H2,(H,37,45)(H,43,44)(H,46,47)(H,48,49)(H2,38,39,50);/t36-,44+,45+,50?,51-;26-,29+,30+,31-;/m11./s1. The maximum absolute atomic E-state index is 14.7. The number of amides is 8. The molecule has 1 saturated heterocycles. The molecule has 1 unspecified atom stereocenters. The van der Waals surface area contributed by atoms with Crippen LogP contribution in [0.15, 0.2) is 118 Å². The number of hydrogen-bond donors (Lipinski definition) is 14. The van der Waals surface area contributed by atoms with Crippen LogP contribution in [0.1, 0.15) is 120 Å². The third-order valence-electron chi connectivity index (χ3n) is 21.2. The first kappa shape index (κ1) is 123. The van der Waals surface area contributed by atoms with Gasteiger partial charge in [-0.05, 0) is 79.5 Å². The molecule has 2 heterocycles. The molecule has 0 spiro atoms. The zero-order valence-electron chi connectivity index (χ0n) is 79.2. The summed E-state index contributed by atoms with van der Waals surface area (Å²) >= 11 is 4.84. The quantitative estimate of drug-likeness (QED) is 0.00565. The zero-order chi connectivity index (χ0) is 107. The number of imide groups is 1. The molecule has 146 heavy (non-hydrogen) atoms. The van der Waals surface area contributed by atoms with Crippen molar-refractivity contribution in [2.75, 3.05) is 122 Å². The number of phenols is 1. The Labute approximate surface area is 843 Å². The predicted molar refractivity (Wildman–Crippen MR) is 509 cm³/mol. The highest BCUT2D eigenvalue weighted by molar-refractivity contribution is 8.00. The molecule has 0 saturated carbocycles. The number of urea groups is 2. The Morgan fingerprint density at radius 2 is 0.870 bits per heavy atom. The normalized spacial score (nSPS) is 13.7. The molecule has 1 aliphatic carbocycles. The van der Waals surface area contributed by atoms with Crippen molar-refractivity contribution >= 4 is 155 Å². The van der Waals surface area contributed by atoms with Crippen molar-refractivity contribution in [1.29, 1.82) is 0 Å². The van der Waals surface area contributed by atoms with Crippen molar-refractivity contribution in [1.82, 2.24) is 31.9 Å². The van der Waals surface area contributed by atoms with Crippen molar-refractivity contribution in [3.63, 3.8) is 0 Å². The molecule has 3 aliphatic rings. The van der Waals surface area contributed by atoms with Gasteiger partial charge >= 0.3 is 54.0 Å². The fraction of sp³-hybridized carbons (Fsp3) is 0.479. The first-order valence-corrected chi connectivity index (χ1v) is 47.5. The molecular formula is C96H117F2N7O39S2. The van der Waals surface area contributed by atoms with E-state index in [0.717, 1.165) is 46.5 Å². The van der Waals surface area contributed by atoms with E-state index in [1.165, 1.54) is 24.3 Å². The number of benzene rings is 5. The lowest BCUT2D eigenvalue weighted by atomic mass is 9.92. The number of Topliss-reactive ketones (excluding diaryl/α,β-unsaturated/α-hetero) is 4. The summed E-state index contributed by atoms with van der Waals surface area (Å²) in [5, 5.41) is 78.5. The number of nitrogens with one attached hydrogen (secondary N) is 6. The van der Waals surface area contributed by atoms with Gasteiger partial charge in [0, 0.05) is 136 Å². The van der Waals surface area contributed by atoms with Gasteiger partial charge in [-0.3, -0.25) is 62.3 Å².